The summed E-state index contributed by atoms with van der Waals surface area (Å²) < 4.78 is 4.77. The second-order valence-electron chi connectivity index (χ2n) is 4.58. The molecule has 5 heteroatoms. The van der Waals surface area contributed by atoms with Gasteiger partial charge in [-0.2, -0.15) is 0 Å². The van der Waals surface area contributed by atoms with Crippen LogP contribution in [0.3, 0.4) is 0 Å². The van der Waals surface area contributed by atoms with Crippen molar-refractivity contribution in [2.75, 3.05) is 46.4 Å². The van der Waals surface area contributed by atoms with Gasteiger partial charge in [-0.1, -0.05) is 0 Å². The smallest absolute Gasteiger partial charge is 0.322 e. The normalized spacial score (nSPS) is 26.1. The molecule has 0 radical (unpaired) electrons. The first kappa shape index (κ1) is 11.8. The Morgan fingerprint density at radius 3 is 2.38 bits per heavy atom. The minimum atomic E-state index is -0.126. The van der Waals surface area contributed by atoms with Crippen molar-refractivity contribution < 1.29 is 9.53 Å². The predicted octanol–water partition coefficient (Wildman–Crippen LogP) is -0.863. The number of hydrogen-bond acceptors (Lipinski definition) is 5. The van der Waals surface area contributed by atoms with Gasteiger partial charge in [0.2, 0.25) is 0 Å². The van der Waals surface area contributed by atoms with E-state index in [0.717, 1.165) is 45.3 Å². The Balaban J connectivity index is 1.77. The summed E-state index contributed by atoms with van der Waals surface area (Å²) in [7, 11) is 1.45. The maximum absolute atomic E-state index is 11.4. The van der Waals surface area contributed by atoms with Gasteiger partial charge in [0.1, 0.15) is 6.04 Å². The molecule has 0 aliphatic carbocycles. The molecule has 0 aromatic carbocycles. The van der Waals surface area contributed by atoms with Gasteiger partial charge in [-0.3, -0.25) is 14.6 Å². The van der Waals surface area contributed by atoms with Gasteiger partial charge in [0.15, 0.2) is 0 Å². The van der Waals surface area contributed by atoms with Gasteiger partial charge in [0, 0.05) is 45.3 Å². The molecular weight excluding hydrogens is 206 g/mol. The molecule has 0 aromatic heterocycles. The highest BCUT2D eigenvalue weighted by Crippen LogP contribution is 2.12. The lowest BCUT2D eigenvalue weighted by atomic mass is 10.1. The van der Waals surface area contributed by atoms with E-state index in [1.54, 1.807) is 0 Å². The highest BCUT2D eigenvalue weighted by Gasteiger charge is 2.30. The van der Waals surface area contributed by atoms with Crippen molar-refractivity contribution in [3.63, 3.8) is 0 Å². The van der Waals surface area contributed by atoms with Gasteiger partial charge in [-0.05, 0) is 6.92 Å². The molecule has 2 aliphatic heterocycles. The van der Waals surface area contributed by atoms with Crippen molar-refractivity contribution in [2.45, 2.75) is 19.0 Å². The SMILES string of the molecule is COC(=O)C(C)N1CCN(C2CNC2)CC1. The van der Waals surface area contributed by atoms with Crippen molar-refractivity contribution in [3.05, 3.63) is 0 Å². The molecule has 0 amide bonds. The average Bonchev–Trinajstić information content (AvgIpc) is 2.26. The first-order valence-corrected chi connectivity index (χ1v) is 5.99. The maximum Gasteiger partial charge on any atom is 0.322 e. The van der Waals surface area contributed by atoms with Crippen molar-refractivity contribution in [1.82, 2.24) is 15.1 Å². The Labute approximate surface area is 96.7 Å². The number of ether oxygens (including phenoxy) is 1. The lowest BCUT2D eigenvalue weighted by molar-refractivity contribution is -0.147. The van der Waals surface area contributed by atoms with Gasteiger partial charge in [-0.15, -0.1) is 0 Å². The summed E-state index contributed by atoms with van der Waals surface area (Å²) in [6.45, 7) is 8.21. The van der Waals surface area contributed by atoms with Crippen LogP contribution >= 0.6 is 0 Å². The molecule has 2 fully saturated rings. The van der Waals surface area contributed by atoms with E-state index >= 15 is 0 Å². The quantitative estimate of drug-likeness (QED) is 0.636. The lowest BCUT2D eigenvalue weighted by Gasteiger charge is -2.44. The van der Waals surface area contributed by atoms with Crippen molar-refractivity contribution in [3.8, 4) is 0 Å². The first-order valence-electron chi connectivity index (χ1n) is 5.99. The Bertz CT molecular complexity index is 248. The van der Waals surface area contributed by atoms with E-state index in [4.69, 9.17) is 4.74 Å². The van der Waals surface area contributed by atoms with Crippen LogP contribution in [0.25, 0.3) is 0 Å². The molecule has 1 unspecified atom stereocenters. The highest BCUT2D eigenvalue weighted by molar-refractivity contribution is 5.75. The number of piperazine rings is 1. The molecule has 2 heterocycles. The molecule has 1 atom stereocenters. The van der Waals surface area contributed by atoms with Gasteiger partial charge in [0.05, 0.1) is 7.11 Å². The van der Waals surface area contributed by atoms with Crippen LogP contribution in [0.1, 0.15) is 6.92 Å². The second kappa shape index (κ2) is 5.12. The summed E-state index contributed by atoms with van der Waals surface area (Å²) in [5, 5.41) is 3.29. The highest BCUT2D eigenvalue weighted by atomic mass is 16.5. The minimum absolute atomic E-state index is 0.105. The molecule has 1 N–H and O–H groups in total. The Hall–Kier alpha value is -0.650. The molecule has 2 rings (SSSR count). The summed E-state index contributed by atoms with van der Waals surface area (Å²) in [5.41, 5.74) is 0. The third kappa shape index (κ3) is 2.36. The average molecular weight is 227 g/mol. The molecule has 92 valence electrons. The minimum Gasteiger partial charge on any atom is -0.468 e. The van der Waals surface area contributed by atoms with E-state index in [9.17, 15) is 4.79 Å². The number of carbonyl (C=O) groups is 1. The second-order valence-corrected chi connectivity index (χ2v) is 4.58. The standard InChI is InChI=1S/C11H21N3O2/c1-9(11(15)16-2)13-3-5-14(6-4-13)10-7-12-8-10/h9-10,12H,3-8H2,1-2H3. The van der Waals surface area contributed by atoms with E-state index in [0.29, 0.717) is 0 Å². The van der Waals surface area contributed by atoms with Crippen LogP contribution in [0.2, 0.25) is 0 Å². The third-order valence-electron chi connectivity index (χ3n) is 3.72. The van der Waals surface area contributed by atoms with Crippen LogP contribution in [0.5, 0.6) is 0 Å². The largest absolute Gasteiger partial charge is 0.468 e. The number of hydrogen-bond donors (Lipinski definition) is 1. The molecular formula is C11H21N3O2. The number of carbonyl (C=O) groups excluding carboxylic acids is 1. The van der Waals surface area contributed by atoms with Crippen LogP contribution in [0.4, 0.5) is 0 Å². The number of nitrogens with zero attached hydrogens (tertiary/aromatic N) is 2. The van der Waals surface area contributed by atoms with Gasteiger partial charge >= 0.3 is 5.97 Å². The fourth-order valence-electron chi connectivity index (χ4n) is 2.34. The molecule has 0 spiro atoms. The van der Waals surface area contributed by atoms with E-state index in [1.807, 2.05) is 6.92 Å². The first-order chi connectivity index (χ1) is 7.72. The molecule has 2 saturated heterocycles. The lowest BCUT2D eigenvalue weighted by Crippen LogP contribution is -2.62. The van der Waals surface area contributed by atoms with Crippen LogP contribution in [0, 0.1) is 0 Å². The van der Waals surface area contributed by atoms with E-state index < -0.39 is 0 Å². The van der Waals surface area contributed by atoms with E-state index in [2.05, 4.69) is 15.1 Å². The van der Waals surface area contributed by atoms with Crippen LogP contribution in [-0.4, -0.2) is 74.2 Å². The van der Waals surface area contributed by atoms with Crippen LogP contribution < -0.4 is 5.32 Å². The number of rotatable bonds is 3. The third-order valence-corrected chi connectivity index (χ3v) is 3.72. The summed E-state index contributed by atoms with van der Waals surface area (Å²) in [6.07, 6.45) is 0. The topological polar surface area (TPSA) is 44.8 Å². The Morgan fingerprint density at radius 2 is 1.94 bits per heavy atom. The zero-order valence-electron chi connectivity index (χ0n) is 10.1. The summed E-state index contributed by atoms with van der Waals surface area (Å²) >= 11 is 0. The van der Waals surface area contributed by atoms with Crippen LogP contribution in [-0.2, 0) is 9.53 Å². The summed E-state index contributed by atoms with van der Waals surface area (Å²) in [4.78, 5) is 16.1. The van der Waals surface area contributed by atoms with Crippen molar-refractivity contribution in [2.24, 2.45) is 0 Å². The Morgan fingerprint density at radius 1 is 1.31 bits per heavy atom. The fourth-order valence-corrected chi connectivity index (χ4v) is 2.34. The Kier molecular flexibility index (Phi) is 3.78. The molecule has 0 bridgehead atoms. The van der Waals surface area contributed by atoms with Gasteiger partial charge in [-0.25, -0.2) is 0 Å². The zero-order valence-corrected chi connectivity index (χ0v) is 10.1. The summed E-state index contributed by atoms with van der Waals surface area (Å²) in [6, 6.07) is 0.613. The fraction of sp³-hybridized carbons (Fsp3) is 0.909. The molecule has 5 nitrogen and oxygen atoms in total. The van der Waals surface area contributed by atoms with Crippen molar-refractivity contribution in [1.29, 1.82) is 0 Å². The maximum atomic E-state index is 11.4. The van der Waals surface area contributed by atoms with E-state index in [1.165, 1.54) is 7.11 Å². The predicted molar refractivity (Wildman–Crippen MR) is 61.3 cm³/mol. The number of nitrogens with one attached hydrogen (secondary N) is 1. The van der Waals surface area contributed by atoms with Crippen molar-refractivity contribution >= 4 is 5.97 Å². The molecule has 16 heavy (non-hydrogen) atoms. The van der Waals surface area contributed by atoms with Gasteiger partial charge < -0.3 is 10.1 Å². The monoisotopic (exact) mass is 227 g/mol. The molecule has 0 aromatic rings. The number of esters is 1. The van der Waals surface area contributed by atoms with E-state index in [-0.39, 0.29) is 12.0 Å². The number of methoxy groups -OCH3 is 1. The van der Waals surface area contributed by atoms with Crippen LogP contribution in [0.15, 0.2) is 0 Å². The summed E-state index contributed by atoms with van der Waals surface area (Å²) in [5.74, 6) is -0.126. The van der Waals surface area contributed by atoms with Gasteiger partial charge in [0.25, 0.3) is 0 Å². The molecule has 2 aliphatic rings. The zero-order chi connectivity index (χ0) is 11.5. The molecule has 0 saturated carbocycles.